The zero-order chi connectivity index (χ0) is 33.8. The summed E-state index contributed by atoms with van der Waals surface area (Å²) in [4.78, 5) is 3.64. The van der Waals surface area contributed by atoms with E-state index in [4.69, 9.17) is 6.57 Å². The Morgan fingerprint density at radius 3 is 1.80 bits per heavy atom. The van der Waals surface area contributed by atoms with Crippen molar-refractivity contribution in [2.45, 2.75) is 0 Å². The average molecular weight is 636 g/mol. The first-order valence-corrected chi connectivity index (χ1v) is 16.3. The number of aromatic nitrogens is 2. The summed E-state index contributed by atoms with van der Waals surface area (Å²) < 4.78 is 4.41. The fourth-order valence-corrected chi connectivity index (χ4v) is 7.42. The molecule has 0 N–H and O–H groups in total. The van der Waals surface area contributed by atoms with Gasteiger partial charge in [-0.25, -0.2) is 4.85 Å². The minimum absolute atomic E-state index is 0.541. The molecule has 0 spiro atoms. The monoisotopic (exact) mass is 635 g/mol. The van der Waals surface area contributed by atoms with Crippen LogP contribution in [0.15, 0.2) is 152 Å². The Morgan fingerprint density at radius 2 is 1.10 bits per heavy atom. The third-order valence-corrected chi connectivity index (χ3v) is 9.63. The van der Waals surface area contributed by atoms with E-state index in [0.717, 1.165) is 66.5 Å². The summed E-state index contributed by atoms with van der Waals surface area (Å²) in [5.41, 5.74) is 11.4. The molecule has 0 saturated carbocycles. The van der Waals surface area contributed by atoms with Gasteiger partial charge in [-0.1, -0.05) is 97.1 Å². The van der Waals surface area contributed by atoms with Crippen LogP contribution in [0, 0.1) is 29.2 Å². The average Bonchev–Trinajstić information content (AvgIpc) is 3.70. The number of hydrogen-bond donors (Lipinski definition) is 0. The van der Waals surface area contributed by atoms with Crippen molar-refractivity contribution in [3.63, 3.8) is 0 Å². The Hall–Kier alpha value is -7.39. The van der Waals surface area contributed by atoms with Crippen molar-refractivity contribution in [3.8, 4) is 45.8 Å². The first kappa shape index (κ1) is 28.8. The molecule has 50 heavy (non-hydrogen) atoms. The summed E-state index contributed by atoms with van der Waals surface area (Å²) in [6, 6.07) is 55.7. The molecule has 7 aromatic carbocycles. The molecule has 0 aliphatic heterocycles. The van der Waals surface area contributed by atoms with E-state index in [1.807, 2.05) is 48.5 Å². The van der Waals surface area contributed by atoms with Crippen LogP contribution in [0.5, 0.6) is 0 Å². The molecule has 5 heteroatoms. The molecule has 2 heterocycles. The van der Waals surface area contributed by atoms with Gasteiger partial charge in [0.25, 0.3) is 0 Å². The lowest BCUT2D eigenvalue weighted by Crippen LogP contribution is -1.98. The maximum Gasteiger partial charge on any atom is 0.188 e. The standard InChI is InChI=1S/C45H25N5/c1-48-33-22-24-44-40(25-33)38-13-8-9-32(28-47)45(38)49(44)34-23-21-31(27-46)39(26-34)30-19-17-29(18-20-30)35-10-2-5-14-41(35)50-42-15-6-3-11-36(42)37-12-4-7-16-43(37)50/h2-26H. The molecule has 9 aromatic rings. The summed E-state index contributed by atoms with van der Waals surface area (Å²) in [5.74, 6) is 0. The number of rotatable bonds is 4. The Balaban J connectivity index is 1.19. The van der Waals surface area contributed by atoms with Crippen LogP contribution in [0.2, 0.25) is 0 Å². The van der Waals surface area contributed by atoms with Crippen molar-refractivity contribution in [1.29, 1.82) is 10.5 Å². The van der Waals surface area contributed by atoms with Gasteiger partial charge in [-0.05, 0) is 71.1 Å². The molecule has 0 radical (unpaired) electrons. The van der Waals surface area contributed by atoms with Crippen molar-refractivity contribution in [3.05, 3.63) is 174 Å². The summed E-state index contributed by atoms with van der Waals surface area (Å²) in [6.45, 7) is 7.56. The van der Waals surface area contributed by atoms with Gasteiger partial charge < -0.3 is 9.13 Å². The van der Waals surface area contributed by atoms with Crippen molar-refractivity contribution >= 4 is 49.3 Å². The SMILES string of the molecule is [C-]#[N+]c1ccc2c(c1)c1cccc(C#N)c1n2-c1ccc(C#N)c(-c2ccc(-c3ccccc3-n3c4ccccc4c4ccccc43)cc2)c1. The van der Waals surface area contributed by atoms with Gasteiger partial charge in [-0.2, -0.15) is 10.5 Å². The molecule has 0 fully saturated rings. The third-order valence-electron chi connectivity index (χ3n) is 9.63. The molecular formula is C45H25N5. The fraction of sp³-hybridized carbons (Fsp3) is 0. The minimum atomic E-state index is 0.541. The topological polar surface area (TPSA) is 61.8 Å². The highest BCUT2D eigenvalue weighted by Gasteiger charge is 2.19. The predicted octanol–water partition coefficient (Wildman–Crippen LogP) is 11.5. The first-order chi connectivity index (χ1) is 24.7. The van der Waals surface area contributed by atoms with Crippen molar-refractivity contribution < 1.29 is 0 Å². The maximum absolute atomic E-state index is 10.2. The van der Waals surface area contributed by atoms with Gasteiger partial charge in [-0.15, -0.1) is 0 Å². The van der Waals surface area contributed by atoms with Crippen molar-refractivity contribution in [1.82, 2.24) is 9.13 Å². The summed E-state index contributed by atoms with van der Waals surface area (Å²) in [5, 5.41) is 24.5. The number of nitriles is 2. The van der Waals surface area contributed by atoms with Crippen molar-refractivity contribution in [2.75, 3.05) is 0 Å². The van der Waals surface area contributed by atoms with E-state index in [9.17, 15) is 10.5 Å². The number of nitrogens with zero attached hydrogens (tertiary/aromatic N) is 5. The second-order valence-electron chi connectivity index (χ2n) is 12.3. The van der Waals surface area contributed by atoms with Crippen molar-refractivity contribution in [2.24, 2.45) is 0 Å². The van der Waals surface area contributed by atoms with Crippen LogP contribution in [-0.4, -0.2) is 9.13 Å². The number of benzene rings is 7. The molecule has 0 saturated heterocycles. The summed E-state index contributed by atoms with van der Waals surface area (Å²) in [6.07, 6.45) is 0. The molecule has 0 bridgehead atoms. The summed E-state index contributed by atoms with van der Waals surface area (Å²) in [7, 11) is 0. The van der Waals surface area contributed by atoms with E-state index >= 15 is 0 Å². The highest BCUT2D eigenvalue weighted by atomic mass is 15.0. The van der Waals surface area contributed by atoms with Gasteiger partial charge >= 0.3 is 0 Å². The lowest BCUT2D eigenvalue weighted by Gasteiger charge is -2.15. The zero-order valence-corrected chi connectivity index (χ0v) is 26.7. The van der Waals surface area contributed by atoms with E-state index in [2.05, 4.69) is 123 Å². The van der Waals surface area contributed by atoms with Crippen LogP contribution in [0.4, 0.5) is 5.69 Å². The van der Waals surface area contributed by atoms with E-state index in [1.165, 1.54) is 10.8 Å². The molecule has 0 unspecified atom stereocenters. The van der Waals surface area contributed by atoms with E-state index in [-0.39, 0.29) is 0 Å². The molecule has 0 amide bonds. The molecule has 9 rings (SSSR count). The first-order valence-electron chi connectivity index (χ1n) is 16.3. The highest BCUT2D eigenvalue weighted by molar-refractivity contribution is 6.12. The molecule has 230 valence electrons. The van der Waals surface area contributed by atoms with Crippen LogP contribution in [0.1, 0.15) is 11.1 Å². The van der Waals surface area contributed by atoms with Gasteiger partial charge in [0.15, 0.2) is 5.69 Å². The van der Waals surface area contributed by atoms with Gasteiger partial charge in [0.2, 0.25) is 0 Å². The molecule has 0 atom stereocenters. The van der Waals surface area contributed by atoms with Crippen LogP contribution in [0.3, 0.4) is 0 Å². The third kappa shape index (κ3) is 4.31. The van der Waals surface area contributed by atoms with Crippen LogP contribution >= 0.6 is 0 Å². The molecule has 0 aliphatic carbocycles. The van der Waals surface area contributed by atoms with Crippen LogP contribution in [-0.2, 0) is 0 Å². The number of fused-ring (bicyclic) bond motifs is 6. The minimum Gasteiger partial charge on any atom is -0.309 e. The Kier molecular flexibility index (Phi) is 6.56. The smallest absolute Gasteiger partial charge is 0.188 e. The number of hydrogen-bond acceptors (Lipinski definition) is 2. The largest absolute Gasteiger partial charge is 0.309 e. The lowest BCUT2D eigenvalue weighted by atomic mass is 9.96. The van der Waals surface area contributed by atoms with Gasteiger partial charge in [0.05, 0.1) is 51.5 Å². The predicted molar refractivity (Wildman–Crippen MR) is 202 cm³/mol. The van der Waals surface area contributed by atoms with Crippen LogP contribution in [0.25, 0.3) is 82.1 Å². The van der Waals surface area contributed by atoms with Gasteiger partial charge in [0.1, 0.15) is 6.07 Å². The van der Waals surface area contributed by atoms with Gasteiger partial charge in [-0.3, -0.25) is 0 Å². The molecule has 0 aliphatic rings. The lowest BCUT2D eigenvalue weighted by molar-refractivity contribution is 1.17. The normalized spacial score (nSPS) is 11.1. The molecule has 5 nitrogen and oxygen atoms in total. The maximum atomic E-state index is 10.2. The quantitative estimate of drug-likeness (QED) is 0.181. The van der Waals surface area contributed by atoms with Gasteiger partial charge in [0, 0.05) is 33.0 Å². The van der Waals surface area contributed by atoms with E-state index in [0.29, 0.717) is 16.8 Å². The van der Waals surface area contributed by atoms with Crippen LogP contribution < -0.4 is 0 Å². The van der Waals surface area contributed by atoms with E-state index in [1.54, 1.807) is 6.07 Å². The summed E-state index contributed by atoms with van der Waals surface area (Å²) >= 11 is 0. The second-order valence-corrected chi connectivity index (χ2v) is 12.3. The fourth-order valence-electron chi connectivity index (χ4n) is 7.42. The Morgan fingerprint density at radius 1 is 0.480 bits per heavy atom. The zero-order valence-electron chi connectivity index (χ0n) is 26.7. The highest BCUT2D eigenvalue weighted by Crippen LogP contribution is 2.39. The molecular weight excluding hydrogens is 611 g/mol. The Labute approximate surface area is 288 Å². The molecule has 2 aromatic heterocycles. The second kappa shape index (κ2) is 11.4. The number of para-hydroxylation sites is 4. The Bertz CT molecular complexity index is 2900. The van der Waals surface area contributed by atoms with E-state index < -0.39 is 0 Å².